The highest BCUT2D eigenvalue weighted by atomic mass is 16.5. The van der Waals surface area contributed by atoms with Crippen molar-refractivity contribution >= 4 is 22.5 Å². The molecule has 1 amide bonds. The first-order valence-electron chi connectivity index (χ1n) is 10.6. The van der Waals surface area contributed by atoms with Gasteiger partial charge in [0.1, 0.15) is 6.33 Å². The Labute approximate surface area is 172 Å². The van der Waals surface area contributed by atoms with Crippen LogP contribution in [0.25, 0.3) is 10.9 Å². The van der Waals surface area contributed by atoms with E-state index in [0.717, 1.165) is 63.1 Å². The van der Waals surface area contributed by atoms with Crippen molar-refractivity contribution in [3.05, 3.63) is 24.5 Å². The van der Waals surface area contributed by atoms with Gasteiger partial charge in [0.25, 0.3) is 0 Å². The van der Waals surface area contributed by atoms with E-state index < -0.39 is 0 Å². The third-order valence-corrected chi connectivity index (χ3v) is 5.91. The van der Waals surface area contributed by atoms with Crippen LogP contribution in [0.4, 0.5) is 5.69 Å². The van der Waals surface area contributed by atoms with Crippen molar-refractivity contribution in [1.82, 2.24) is 19.8 Å². The maximum Gasteiger partial charge on any atom is 0.224 e. The first-order valence-corrected chi connectivity index (χ1v) is 10.6. The normalized spacial score (nSPS) is 20.6. The van der Waals surface area contributed by atoms with Crippen LogP contribution in [-0.2, 0) is 4.79 Å². The average molecular weight is 398 g/mol. The highest BCUT2D eigenvalue weighted by molar-refractivity contribution is 5.86. The van der Waals surface area contributed by atoms with Crippen LogP contribution in [0.15, 0.2) is 24.5 Å². The zero-order valence-electron chi connectivity index (χ0n) is 17.7. The molecule has 2 aliphatic heterocycles. The largest absolute Gasteiger partial charge is 0.474 e. The Morgan fingerprint density at radius 2 is 1.97 bits per heavy atom. The summed E-state index contributed by atoms with van der Waals surface area (Å²) in [7, 11) is 0. The minimum absolute atomic E-state index is 0.0785. The summed E-state index contributed by atoms with van der Waals surface area (Å²) in [6.45, 7) is 12.7. The first kappa shape index (κ1) is 19.9. The summed E-state index contributed by atoms with van der Waals surface area (Å²) < 4.78 is 5.88. The molecule has 29 heavy (non-hydrogen) atoms. The molecule has 1 unspecified atom stereocenters. The second kappa shape index (κ2) is 8.53. The number of amides is 1. The molecule has 1 aromatic carbocycles. The summed E-state index contributed by atoms with van der Waals surface area (Å²) in [4.78, 5) is 27.2. The van der Waals surface area contributed by atoms with Gasteiger partial charge in [-0.25, -0.2) is 9.97 Å². The molecule has 2 saturated heterocycles. The molecule has 4 rings (SSSR count). The van der Waals surface area contributed by atoms with Crippen LogP contribution in [-0.4, -0.2) is 77.6 Å². The second-order valence-electron chi connectivity index (χ2n) is 8.45. The second-order valence-corrected chi connectivity index (χ2v) is 8.45. The number of hydrogen-bond acceptors (Lipinski definition) is 6. The molecule has 7 heteroatoms. The molecule has 7 nitrogen and oxygen atoms in total. The number of nitrogens with zero attached hydrogens (tertiary/aromatic N) is 5. The van der Waals surface area contributed by atoms with Gasteiger partial charge in [0.15, 0.2) is 0 Å². The Bertz CT molecular complexity index is 863. The summed E-state index contributed by atoms with van der Waals surface area (Å²) in [5.74, 6) is 1.47. The van der Waals surface area contributed by atoms with Crippen molar-refractivity contribution in [2.75, 3.05) is 50.7 Å². The fraction of sp³-hybridized carbons (Fsp3) is 0.591. The van der Waals surface area contributed by atoms with Crippen LogP contribution >= 0.6 is 0 Å². The van der Waals surface area contributed by atoms with Gasteiger partial charge in [-0.05, 0) is 44.4 Å². The van der Waals surface area contributed by atoms with Gasteiger partial charge < -0.3 is 14.5 Å². The molecule has 0 radical (unpaired) electrons. The molecule has 0 bridgehead atoms. The van der Waals surface area contributed by atoms with Gasteiger partial charge in [-0.3, -0.25) is 9.69 Å². The Morgan fingerprint density at radius 1 is 1.17 bits per heavy atom. The monoisotopic (exact) mass is 397 g/mol. The number of carbonyl (C=O) groups is 1. The molecule has 0 spiro atoms. The van der Waals surface area contributed by atoms with Gasteiger partial charge in [0.05, 0.1) is 17.0 Å². The molecule has 0 aliphatic carbocycles. The standard InChI is InChI=1S/C22H31N5O2/c1-16(2)29-22-20-12-19(4-5-21(20)23-15-24-22)26-10-8-25(9-11-26)13-18-6-7-27(14-18)17(3)28/h4-5,12,15-16,18H,6-11,13-14H2,1-3H3. The van der Waals surface area contributed by atoms with Crippen molar-refractivity contribution in [2.45, 2.75) is 33.3 Å². The number of benzene rings is 1. The van der Waals surface area contributed by atoms with E-state index in [4.69, 9.17) is 4.74 Å². The smallest absolute Gasteiger partial charge is 0.224 e. The van der Waals surface area contributed by atoms with E-state index in [1.165, 1.54) is 5.69 Å². The van der Waals surface area contributed by atoms with E-state index in [2.05, 4.69) is 38.0 Å². The van der Waals surface area contributed by atoms with Crippen molar-refractivity contribution in [1.29, 1.82) is 0 Å². The lowest BCUT2D eigenvalue weighted by molar-refractivity contribution is -0.127. The van der Waals surface area contributed by atoms with Gasteiger partial charge in [-0.1, -0.05) is 0 Å². The number of hydrogen-bond donors (Lipinski definition) is 0. The lowest BCUT2D eigenvalue weighted by Gasteiger charge is -2.37. The van der Waals surface area contributed by atoms with Crippen molar-refractivity contribution < 1.29 is 9.53 Å². The van der Waals surface area contributed by atoms with E-state index in [0.29, 0.717) is 11.8 Å². The zero-order valence-corrected chi connectivity index (χ0v) is 17.7. The average Bonchev–Trinajstić information content (AvgIpc) is 3.17. The topological polar surface area (TPSA) is 61.8 Å². The fourth-order valence-corrected chi connectivity index (χ4v) is 4.36. The molecule has 2 aromatic rings. The van der Waals surface area contributed by atoms with E-state index in [9.17, 15) is 4.79 Å². The molecular formula is C22H31N5O2. The maximum atomic E-state index is 11.5. The van der Waals surface area contributed by atoms with Crippen LogP contribution in [0.3, 0.4) is 0 Å². The van der Waals surface area contributed by atoms with Gasteiger partial charge >= 0.3 is 0 Å². The number of carbonyl (C=O) groups excluding carboxylic acids is 1. The summed E-state index contributed by atoms with van der Waals surface area (Å²) in [5, 5.41) is 0.969. The highest BCUT2D eigenvalue weighted by Gasteiger charge is 2.27. The van der Waals surface area contributed by atoms with Gasteiger partial charge in [-0.15, -0.1) is 0 Å². The molecule has 156 valence electrons. The Kier molecular flexibility index (Phi) is 5.85. The molecule has 2 fully saturated rings. The minimum Gasteiger partial charge on any atom is -0.474 e. The van der Waals surface area contributed by atoms with E-state index in [1.54, 1.807) is 13.3 Å². The number of aromatic nitrogens is 2. The summed E-state index contributed by atoms with van der Waals surface area (Å²) in [5.41, 5.74) is 2.11. The Morgan fingerprint density at radius 3 is 2.66 bits per heavy atom. The summed E-state index contributed by atoms with van der Waals surface area (Å²) in [6, 6.07) is 6.36. The molecule has 0 N–H and O–H groups in total. The van der Waals surface area contributed by atoms with Crippen LogP contribution in [0, 0.1) is 5.92 Å². The molecule has 1 atom stereocenters. The number of ether oxygens (including phenoxy) is 1. The van der Waals surface area contributed by atoms with Crippen molar-refractivity contribution in [3.8, 4) is 5.88 Å². The number of anilines is 1. The first-order chi connectivity index (χ1) is 14.0. The number of likely N-dealkylation sites (tertiary alicyclic amines) is 1. The van der Waals surface area contributed by atoms with Gasteiger partial charge in [0.2, 0.25) is 11.8 Å². The van der Waals surface area contributed by atoms with Crippen LogP contribution in [0.5, 0.6) is 5.88 Å². The van der Waals surface area contributed by atoms with Crippen LogP contribution in [0.1, 0.15) is 27.2 Å². The highest BCUT2D eigenvalue weighted by Crippen LogP contribution is 2.28. The number of fused-ring (bicyclic) bond motifs is 1. The zero-order chi connectivity index (χ0) is 20.4. The van der Waals surface area contributed by atoms with Gasteiger partial charge in [-0.2, -0.15) is 0 Å². The molecule has 0 saturated carbocycles. The van der Waals surface area contributed by atoms with E-state index in [-0.39, 0.29) is 12.0 Å². The molecule has 3 heterocycles. The Balaban J connectivity index is 1.38. The van der Waals surface area contributed by atoms with E-state index >= 15 is 0 Å². The third kappa shape index (κ3) is 4.61. The molecule has 1 aromatic heterocycles. The fourth-order valence-electron chi connectivity index (χ4n) is 4.36. The number of rotatable bonds is 5. The maximum absolute atomic E-state index is 11.5. The molecular weight excluding hydrogens is 366 g/mol. The summed E-state index contributed by atoms with van der Waals surface area (Å²) in [6.07, 6.45) is 2.77. The third-order valence-electron chi connectivity index (χ3n) is 5.91. The van der Waals surface area contributed by atoms with Crippen LogP contribution < -0.4 is 9.64 Å². The van der Waals surface area contributed by atoms with Crippen molar-refractivity contribution in [3.63, 3.8) is 0 Å². The SMILES string of the molecule is CC(=O)N1CCC(CN2CCN(c3ccc4ncnc(OC(C)C)c4c3)CC2)C1. The van der Waals surface area contributed by atoms with E-state index in [1.807, 2.05) is 18.7 Å². The quantitative estimate of drug-likeness (QED) is 0.772. The number of piperazine rings is 1. The predicted octanol–water partition coefficient (Wildman–Crippen LogP) is 2.41. The molecule has 2 aliphatic rings. The Hall–Kier alpha value is -2.41. The minimum atomic E-state index is 0.0785. The predicted molar refractivity (Wildman–Crippen MR) is 114 cm³/mol. The summed E-state index contributed by atoms with van der Waals surface area (Å²) >= 11 is 0. The lowest BCUT2D eigenvalue weighted by atomic mass is 10.1. The van der Waals surface area contributed by atoms with Crippen LogP contribution in [0.2, 0.25) is 0 Å². The lowest BCUT2D eigenvalue weighted by Crippen LogP contribution is -2.48. The van der Waals surface area contributed by atoms with Gasteiger partial charge in [0, 0.05) is 58.4 Å². The van der Waals surface area contributed by atoms with Crippen molar-refractivity contribution in [2.24, 2.45) is 5.92 Å².